The van der Waals surface area contributed by atoms with Crippen LogP contribution in [0.2, 0.25) is 0 Å². The minimum atomic E-state index is 0.624. The molecule has 116 valence electrons. The number of aryl methyl sites for hydroxylation is 3. The second-order valence-electron chi connectivity index (χ2n) is 6.63. The standard InChI is InChI=1S/C22H28/c1-17(2)5-13-21(22-14-8-19(4)9-15-22)16-12-20-10-6-18(3)7-11-20/h6-11,14-15,21H,1,5,12-13,16H2,2-4H3. The van der Waals surface area contributed by atoms with E-state index in [1.807, 2.05) is 0 Å². The fourth-order valence-electron chi connectivity index (χ4n) is 2.83. The molecule has 0 bridgehead atoms. The lowest BCUT2D eigenvalue weighted by molar-refractivity contribution is 0.575. The molecule has 1 atom stereocenters. The maximum atomic E-state index is 4.06. The molecule has 0 fully saturated rings. The van der Waals surface area contributed by atoms with Gasteiger partial charge in [-0.25, -0.2) is 0 Å². The van der Waals surface area contributed by atoms with Crippen LogP contribution in [0.25, 0.3) is 0 Å². The van der Waals surface area contributed by atoms with Gasteiger partial charge in [-0.05, 0) is 63.5 Å². The van der Waals surface area contributed by atoms with Crippen molar-refractivity contribution in [2.75, 3.05) is 0 Å². The van der Waals surface area contributed by atoms with Crippen LogP contribution in [0.1, 0.15) is 54.4 Å². The van der Waals surface area contributed by atoms with Gasteiger partial charge in [0.15, 0.2) is 0 Å². The van der Waals surface area contributed by atoms with E-state index in [2.05, 4.69) is 75.9 Å². The minimum absolute atomic E-state index is 0.624. The van der Waals surface area contributed by atoms with E-state index in [1.54, 1.807) is 0 Å². The molecule has 2 rings (SSSR count). The monoisotopic (exact) mass is 292 g/mol. The molecule has 0 heteroatoms. The molecule has 2 aromatic carbocycles. The molecule has 0 nitrogen and oxygen atoms in total. The fraction of sp³-hybridized carbons (Fsp3) is 0.364. The lowest BCUT2D eigenvalue weighted by atomic mass is 9.87. The van der Waals surface area contributed by atoms with E-state index in [0.717, 1.165) is 12.8 Å². The van der Waals surface area contributed by atoms with Crippen LogP contribution in [0.15, 0.2) is 60.7 Å². The van der Waals surface area contributed by atoms with Crippen molar-refractivity contribution < 1.29 is 0 Å². The third kappa shape index (κ3) is 5.18. The molecule has 0 saturated carbocycles. The predicted molar refractivity (Wildman–Crippen MR) is 97.5 cm³/mol. The Morgan fingerprint density at radius 3 is 1.95 bits per heavy atom. The SMILES string of the molecule is C=C(C)CCC(CCc1ccc(C)cc1)c1ccc(C)cc1. The predicted octanol–water partition coefficient (Wildman–Crippen LogP) is 6.38. The average Bonchev–Trinajstić information content (AvgIpc) is 2.50. The first-order chi connectivity index (χ1) is 10.5. The summed E-state index contributed by atoms with van der Waals surface area (Å²) in [5.41, 5.74) is 6.87. The van der Waals surface area contributed by atoms with Crippen LogP contribution in [-0.4, -0.2) is 0 Å². The quantitative estimate of drug-likeness (QED) is 0.520. The van der Waals surface area contributed by atoms with Gasteiger partial charge in [-0.3, -0.25) is 0 Å². The van der Waals surface area contributed by atoms with Crippen LogP contribution in [0.4, 0.5) is 0 Å². The largest absolute Gasteiger partial charge is 0.100 e. The highest BCUT2D eigenvalue weighted by Crippen LogP contribution is 2.28. The van der Waals surface area contributed by atoms with E-state index in [9.17, 15) is 0 Å². The van der Waals surface area contributed by atoms with Gasteiger partial charge in [-0.2, -0.15) is 0 Å². The van der Waals surface area contributed by atoms with Crippen LogP contribution < -0.4 is 0 Å². The Labute approximate surface area is 135 Å². The van der Waals surface area contributed by atoms with Crippen molar-refractivity contribution in [3.63, 3.8) is 0 Å². The summed E-state index contributed by atoms with van der Waals surface area (Å²) >= 11 is 0. The number of allylic oxidation sites excluding steroid dienone is 1. The van der Waals surface area contributed by atoms with Gasteiger partial charge in [-0.15, -0.1) is 6.58 Å². The molecule has 0 N–H and O–H groups in total. The van der Waals surface area contributed by atoms with E-state index in [-0.39, 0.29) is 0 Å². The van der Waals surface area contributed by atoms with Crippen LogP contribution in [-0.2, 0) is 6.42 Å². The highest BCUT2D eigenvalue weighted by Gasteiger charge is 2.12. The van der Waals surface area contributed by atoms with Gasteiger partial charge in [0.25, 0.3) is 0 Å². The first kappa shape index (κ1) is 16.5. The molecule has 0 saturated heterocycles. The lowest BCUT2D eigenvalue weighted by Crippen LogP contribution is -2.02. The molecule has 0 aromatic heterocycles. The second kappa shape index (κ2) is 7.98. The van der Waals surface area contributed by atoms with Gasteiger partial charge in [-0.1, -0.05) is 65.2 Å². The molecule has 0 heterocycles. The van der Waals surface area contributed by atoms with Gasteiger partial charge in [0, 0.05) is 0 Å². The van der Waals surface area contributed by atoms with Crippen molar-refractivity contribution in [1.29, 1.82) is 0 Å². The summed E-state index contributed by atoms with van der Waals surface area (Å²) in [5, 5.41) is 0. The summed E-state index contributed by atoms with van der Waals surface area (Å²) in [7, 11) is 0. The molecular formula is C22H28. The fourth-order valence-corrected chi connectivity index (χ4v) is 2.83. The van der Waals surface area contributed by atoms with Crippen molar-refractivity contribution in [3.05, 3.63) is 82.9 Å². The smallest absolute Gasteiger partial charge is 0.0156 e. The lowest BCUT2D eigenvalue weighted by Gasteiger charge is -2.18. The van der Waals surface area contributed by atoms with Crippen LogP contribution in [0, 0.1) is 13.8 Å². The first-order valence-electron chi connectivity index (χ1n) is 8.31. The molecule has 0 spiro atoms. The van der Waals surface area contributed by atoms with Gasteiger partial charge in [0.05, 0.1) is 0 Å². The number of hydrogen-bond donors (Lipinski definition) is 0. The highest BCUT2D eigenvalue weighted by atomic mass is 14.2. The van der Waals surface area contributed by atoms with Crippen molar-refractivity contribution in [2.45, 2.75) is 52.4 Å². The normalized spacial score (nSPS) is 12.1. The molecule has 0 aliphatic rings. The van der Waals surface area contributed by atoms with Gasteiger partial charge >= 0.3 is 0 Å². The summed E-state index contributed by atoms with van der Waals surface area (Å²) in [6.07, 6.45) is 4.67. The third-order valence-electron chi connectivity index (χ3n) is 4.37. The topological polar surface area (TPSA) is 0 Å². The van der Waals surface area contributed by atoms with Crippen molar-refractivity contribution in [3.8, 4) is 0 Å². The second-order valence-corrected chi connectivity index (χ2v) is 6.63. The Morgan fingerprint density at radius 2 is 1.41 bits per heavy atom. The Balaban J connectivity index is 2.05. The molecule has 22 heavy (non-hydrogen) atoms. The Morgan fingerprint density at radius 1 is 0.864 bits per heavy atom. The maximum absolute atomic E-state index is 4.06. The molecule has 1 unspecified atom stereocenters. The third-order valence-corrected chi connectivity index (χ3v) is 4.37. The highest BCUT2D eigenvalue weighted by molar-refractivity contribution is 5.26. The number of hydrogen-bond acceptors (Lipinski definition) is 0. The van der Waals surface area contributed by atoms with Gasteiger partial charge < -0.3 is 0 Å². The van der Waals surface area contributed by atoms with E-state index in [4.69, 9.17) is 0 Å². The van der Waals surface area contributed by atoms with Crippen LogP contribution >= 0.6 is 0 Å². The molecular weight excluding hydrogens is 264 g/mol. The molecule has 2 aromatic rings. The number of benzene rings is 2. The Hall–Kier alpha value is -1.82. The average molecular weight is 292 g/mol. The summed E-state index contributed by atoms with van der Waals surface area (Å²) < 4.78 is 0. The van der Waals surface area contributed by atoms with Crippen molar-refractivity contribution in [1.82, 2.24) is 0 Å². The van der Waals surface area contributed by atoms with Crippen molar-refractivity contribution in [2.24, 2.45) is 0 Å². The van der Waals surface area contributed by atoms with Crippen LogP contribution in [0.3, 0.4) is 0 Å². The zero-order valence-corrected chi connectivity index (χ0v) is 14.2. The Kier molecular flexibility index (Phi) is 6.00. The summed E-state index contributed by atoms with van der Waals surface area (Å²) in [6, 6.07) is 18.0. The Bertz CT molecular complexity index is 587. The van der Waals surface area contributed by atoms with Gasteiger partial charge in [0.2, 0.25) is 0 Å². The first-order valence-corrected chi connectivity index (χ1v) is 8.31. The van der Waals surface area contributed by atoms with E-state index in [0.29, 0.717) is 5.92 Å². The zero-order valence-electron chi connectivity index (χ0n) is 14.2. The number of rotatable bonds is 7. The minimum Gasteiger partial charge on any atom is -0.100 e. The summed E-state index contributed by atoms with van der Waals surface area (Å²) in [4.78, 5) is 0. The van der Waals surface area contributed by atoms with Crippen molar-refractivity contribution >= 4 is 0 Å². The molecule has 0 radical (unpaired) electrons. The molecule has 0 aliphatic carbocycles. The summed E-state index contributed by atoms with van der Waals surface area (Å²) in [6.45, 7) is 10.5. The van der Waals surface area contributed by atoms with E-state index in [1.165, 1.54) is 40.7 Å². The maximum Gasteiger partial charge on any atom is -0.0156 e. The van der Waals surface area contributed by atoms with E-state index >= 15 is 0 Å². The van der Waals surface area contributed by atoms with Crippen LogP contribution in [0.5, 0.6) is 0 Å². The van der Waals surface area contributed by atoms with Gasteiger partial charge in [0.1, 0.15) is 0 Å². The summed E-state index contributed by atoms with van der Waals surface area (Å²) in [5.74, 6) is 0.624. The molecule has 0 amide bonds. The molecule has 0 aliphatic heterocycles. The zero-order chi connectivity index (χ0) is 15.9. The van der Waals surface area contributed by atoms with E-state index < -0.39 is 0 Å².